The second kappa shape index (κ2) is 4.01. The summed E-state index contributed by atoms with van der Waals surface area (Å²) in [6.07, 6.45) is 0. The van der Waals surface area contributed by atoms with E-state index in [1.807, 2.05) is 12.1 Å². The number of nitrogen functional groups attached to an aromatic ring is 1. The third kappa shape index (κ3) is 2.01. The predicted molar refractivity (Wildman–Crippen MR) is 64.4 cm³/mol. The van der Waals surface area contributed by atoms with E-state index in [2.05, 4.69) is 27.0 Å². The van der Waals surface area contributed by atoms with Gasteiger partial charge in [0.25, 0.3) is 0 Å². The maximum Gasteiger partial charge on any atom is 0.181 e. The molecule has 0 aliphatic rings. The monoisotopic (exact) mass is 279 g/mol. The van der Waals surface area contributed by atoms with Crippen LogP contribution in [0.5, 0.6) is 0 Å². The molecule has 0 unspecified atom stereocenters. The SMILES string of the molecule is N#Cc1ccc(-c2nc(N)sc2Br)cc1. The smallest absolute Gasteiger partial charge is 0.181 e. The minimum Gasteiger partial charge on any atom is -0.375 e. The van der Waals surface area contributed by atoms with E-state index < -0.39 is 0 Å². The molecule has 1 heterocycles. The van der Waals surface area contributed by atoms with Gasteiger partial charge in [-0.25, -0.2) is 4.98 Å². The molecule has 0 saturated carbocycles. The number of rotatable bonds is 1. The summed E-state index contributed by atoms with van der Waals surface area (Å²) in [6, 6.07) is 9.31. The fourth-order valence-corrected chi connectivity index (χ4v) is 2.59. The third-order valence-corrected chi connectivity index (χ3v) is 3.42. The molecule has 74 valence electrons. The Balaban J connectivity index is 2.46. The van der Waals surface area contributed by atoms with Crippen molar-refractivity contribution in [3.05, 3.63) is 33.6 Å². The topological polar surface area (TPSA) is 62.7 Å². The lowest BCUT2D eigenvalue weighted by Gasteiger charge is -1.96. The number of benzene rings is 1. The van der Waals surface area contributed by atoms with Crippen molar-refractivity contribution in [2.75, 3.05) is 5.73 Å². The van der Waals surface area contributed by atoms with E-state index >= 15 is 0 Å². The van der Waals surface area contributed by atoms with Crippen LogP contribution in [0.4, 0.5) is 5.13 Å². The van der Waals surface area contributed by atoms with Crippen LogP contribution in [0, 0.1) is 11.3 Å². The van der Waals surface area contributed by atoms with Crippen LogP contribution in [0.15, 0.2) is 28.1 Å². The highest BCUT2D eigenvalue weighted by molar-refractivity contribution is 9.11. The van der Waals surface area contributed by atoms with Gasteiger partial charge in [-0.3, -0.25) is 0 Å². The number of thiazole rings is 1. The molecule has 1 aromatic heterocycles. The summed E-state index contributed by atoms with van der Waals surface area (Å²) in [5.41, 5.74) is 8.01. The van der Waals surface area contributed by atoms with Crippen LogP contribution < -0.4 is 5.73 Å². The van der Waals surface area contributed by atoms with Gasteiger partial charge in [0.1, 0.15) is 0 Å². The Morgan fingerprint density at radius 2 is 2.00 bits per heavy atom. The zero-order valence-corrected chi connectivity index (χ0v) is 9.97. The average Bonchev–Trinajstić information content (AvgIpc) is 2.58. The molecule has 2 aromatic rings. The molecular weight excluding hydrogens is 274 g/mol. The summed E-state index contributed by atoms with van der Waals surface area (Å²) < 4.78 is 0.907. The zero-order valence-electron chi connectivity index (χ0n) is 7.57. The third-order valence-electron chi connectivity index (χ3n) is 1.89. The summed E-state index contributed by atoms with van der Waals surface area (Å²) in [4.78, 5) is 4.20. The minimum absolute atomic E-state index is 0.529. The molecule has 3 nitrogen and oxygen atoms in total. The van der Waals surface area contributed by atoms with Gasteiger partial charge in [0.2, 0.25) is 0 Å². The van der Waals surface area contributed by atoms with Gasteiger partial charge in [-0.05, 0) is 28.1 Å². The Labute approximate surface area is 99.3 Å². The maximum absolute atomic E-state index is 8.66. The molecule has 2 rings (SSSR count). The summed E-state index contributed by atoms with van der Waals surface area (Å²) in [7, 11) is 0. The predicted octanol–water partition coefficient (Wildman–Crippen LogP) is 3.03. The summed E-state index contributed by atoms with van der Waals surface area (Å²) in [6.45, 7) is 0. The molecule has 1 aromatic carbocycles. The van der Waals surface area contributed by atoms with E-state index in [9.17, 15) is 0 Å². The Hall–Kier alpha value is -1.38. The molecule has 0 amide bonds. The van der Waals surface area contributed by atoms with Gasteiger partial charge >= 0.3 is 0 Å². The highest BCUT2D eigenvalue weighted by Gasteiger charge is 2.08. The molecule has 0 spiro atoms. The Morgan fingerprint density at radius 1 is 1.33 bits per heavy atom. The van der Waals surface area contributed by atoms with Gasteiger partial charge in [-0.2, -0.15) is 5.26 Å². The summed E-state index contributed by atoms with van der Waals surface area (Å²) >= 11 is 4.79. The summed E-state index contributed by atoms with van der Waals surface area (Å²) in [5.74, 6) is 0. The van der Waals surface area contributed by atoms with E-state index in [0.717, 1.165) is 15.0 Å². The van der Waals surface area contributed by atoms with Crippen molar-refractivity contribution in [2.24, 2.45) is 0 Å². The van der Waals surface area contributed by atoms with Crippen molar-refractivity contribution in [2.45, 2.75) is 0 Å². The number of anilines is 1. The van der Waals surface area contributed by atoms with E-state index in [0.29, 0.717) is 10.7 Å². The zero-order chi connectivity index (χ0) is 10.8. The Bertz CT molecular complexity index is 525. The fraction of sp³-hybridized carbons (Fsp3) is 0. The number of halogens is 1. The molecule has 2 N–H and O–H groups in total. The van der Waals surface area contributed by atoms with E-state index in [4.69, 9.17) is 11.0 Å². The first-order valence-corrected chi connectivity index (χ1v) is 5.74. The highest BCUT2D eigenvalue weighted by atomic mass is 79.9. The van der Waals surface area contributed by atoms with Crippen molar-refractivity contribution < 1.29 is 0 Å². The normalized spacial score (nSPS) is 9.87. The quantitative estimate of drug-likeness (QED) is 0.873. The van der Waals surface area contributed by atoms with Crippen molar-refractivity contribution in [1.82, 2.24) is 4.98 Å². The lowest BCUT2D eigenvalue weighted by molar-refractivity contribution is 1.40. The maximum atomic E-state index is 8.66. The van der Waals surface area contributed by atoms with E-state index in [1.165, 1.54) is 11.3 Å². The minimum atomic E-state index is 0.529. The van der Waals surface area contributed by atoms with Crippen molar-refractivity contribution >= 4 is 32.4 Å². The van der Waals surface area contributed by atoms with Crippen LogP contribution in [0.3, 0.4) is 0 Å². The number of nitrogens with zero attached hydrogens (tertiary/aromatic N) is 2. The van der Waals surface area contributed by atoms with E-state index in [1.54, 1.807) is 12.1 Å². The molecule has 0 bridgehead atoms. The van der Waals surface area contributed by atoms with Gasteiger partial charge < -0.3 is 5.73 Å². The molecule has 0 saturated heterocycles. The number of nitriles is 1. The van der Waals surface area contributed by atoms with Gasteiger partial charge in [-0.1, -0.05) is 23.5 Å². The van der Waals surface area contributed by atoms with Gasteiger partial charge in [-0.15, -0.1) is 0 Å². The molecule has 0 fully saturated rings. The molecule has 5 heteroatoms. The first-order chi connectivity index (χ1) is 7.20. The van der Waals surface area contributed by atoms with Crippen LogP contribution in [-0.2, 0) is 0 Å². The number of hydrogen-bond donors (Lipinski definition) is 1. The lowest BCUT2D eigenvalue weighted by Crippen LogP contribution is -1.83. The Kier molecular flexibility index (Phi) is 2.71. The number of nitrogens with two attached hydrogens (primary N) is 1. The second-order valence-electron chi connectivity index (χ2n) is 2.86. The standard InChI is InChI=1S/C10H6BrN3S/c11-9-8(14-10(13)15-9)7-3-1-6(5-12)2-4-7/h1-4H,(H2,13,14). The summed E-state index contributed by atoms with van der Waals surface area (Å²) in [5, 5.41) is 9.19. The van der Waals surface area contributed by atoms with Crippen LogP contribution >= 0.6 is 27.3 Å². The van der Waals surface area contributed by atoms with E-state index in [-0.39, 0.29) is 0 Å². The van der Waals surface area contributed by atoms with Crippen molar-refractivity contribution in [1.29, 1.82) is 5.26 Å². The average molecular weight is 280 g/mol. The van der Waals surface area contributed by atoms with Gasteiger partial charge in [0.15, 0.2) is 5.13 Å². The first kappa shape index (κ1) is 10.1. The molecule has 0 aliphatic carbocycles. The van der Waals surface area contributed by atoms with Gasteiger partial charge in [0, 0.05) is 5.56 Å². The highest BCUT2D eigenvalue weighted by Crippen LogP contribution is 2.33. The molecule has 15 heavy (non-hydrogen) atoms. The second-order valence-corrected chi connectivity index (χ2v) is 5.21. The number of hydrogen-bond acceptors (Lipinski definition) is 4. The van der Waals surface area contributed by atoms with Gasteiger partial charge in [0.05, 0.1) is 21.1 Å². The molecule has 0 radical (unpaired) electrons. The fourth-order valence-electron chi connectivity index (χ4n) is 1.20. The van der Waals surface area contributed by atoms with Crippen molar-refractivity contribution in [3.8, 4) is 17.3 Å². The van der Waals surface area contributed by atoms with Crippen LogP contribution in [-0.4, -0.2) is 4.98 Å². The first-order valence-electron chi connectivity index (χ1n) is 4.13. The molecule has 0 aliphatic heterocycles. The largest absolute Gasteiger partial charge is 0.375 e. The number of aromatic nitrogens is 1. The van der Waals surface area contributed by atoms with Crippen LogP contribution in [0.2, 0.25) is 0 Å². The van der Waals surface area contributed by atoms with Crippen LogP contribution in [0.25, 0.3) is 11.3 Å². The molecule has 0 atom stereocenters. The van der Waals surface area contributed by atoms with Crippen LogP contribution in [0.1, 0.15) is 5.56 Å². The molecular formula is C10H6BrN3S. The Morgan fingerprint density at radius 3 is 2.47 bits per heavy atom. The lowest BCUT2D eigenvalue weighted by atomic mass is 10.1. The van der Waals surface area contributed by atoms with Crippen molar-refractivity contribution in [3.63, 3.8) is 0 Å².